The minimum atomic E-state index is -0.456. The number of phenols is 1. The van der Waals surface area contributed by atoms with Gasteiger partial charge in [-0.15, -0.1) is 0 Å². The van der Waals surface area contributed by atoms with Gasteiger partial charge < -0.3 is 19.3 Å². The van der Waals surface area contributed by atoms with Crippen LogP contribution in [0.5, 0.6) is 23.0 Å². The molecule has 6 nitrogen and oxygen atoms in total. The van der Waals surface area contributed by atoms with E-state index in [1.165, 1.54) is 13.2 Å². The Balaban J connectivity index is 2.07. The monoisotopic (exact) mass is 356 g/mol. The highest BCUT2D eigenvalue weighted by Gasteiger charge is 2.34. The van der Waals surface area contributed by atoms with E-state index in [4.69, 9.17) is 14.2 Å². The van der Waals surface area contributed by atoms with Gasteiger partial charge in [-0.25, -0.2) is 0 Å². The van der Waals surface area contributed by atoms with Crippen LogP contribution in [0.4, 0.5) is 0 Å². The van der Waals surface area contributed by atoms with E-state index in [9.17, 15) is 9.90 Å². The Kier molecular flexibility index (Phi) is 4.86. The van der Waals surface area contributed by atoms with Crippen molar-refractivity contribution >= 4 is 11.9 Å². The first kappa shape index (κ1) is 17.8. The van der Waals surface area contributed by atoms with Crippen LogP contribution in [0.3, 0.4) is 0 Å². The van der Waals surface area contributed by atoms with E-state index in [1.807, 2.05) is 31.5 Å². The quantitative estimate of drug-likeness (QED) is 0.800. The lowest BCUT2D eigenvalue weighted by Gasteiger charge is -2.27. The molecule has 136 valence electrons. The summed E-state index contributed by atoms with van der Waals surface area (Å²) in [5.41, 5.74) is 2.18. The molecular weight excluding hydrogens is 334 g/mol. The van der Waals surface area contributed by atoms with Crippen molar-refractivity contribution in [2.75, 3.05) is 28.4 Å². The Hall–Kier alpha value is -2.99. The summed E-state index contributed by atoms with van der Waals surface area (Å²) in [6, 6.07) is 7.94. The standard InChI is InChI=1S/C20H21NO5/c1-21-8-7-12-10-17(25-3)18(26-4)11-14(12)19(21)20(23)13-5-6-16(24-2)15(22)9-13/h5-11,19,22H,1-4H3/p+1. The third-order valence-electron chi connectivity index (χ3n) is 4.61. The molecule has 1 heterocycles. The van der Waals surface area contributed by atoms with E-state index < -0.39 is 6.04 Å². The molecule has 0 saturated heterocycles. The fourth-order valence-corrected chi connectivity index (χ4v) is 3.23. The van der Waals surface area contributed by atoms with Crippen molar-refractivity contribution in [2.24, 2.45) is 0 Å². The average Bonchev–Trinajstić information content (AvgIpc) is 2.66. The number of likely N-dealkylation sites (N-methyl/N-ethyl adjacent to an activating group) is 1. The van der Waals surface area contributed by atoms with Crippen molar-refractivity contribution in [1.29, 1.82) is 0 Å². The predicted molar refractivity (Wildman–Crippen MR) is 97.2 cm³/mol. The molecule has 0 radical (unpaired) electrons. The molecule has 2 unspecified atom stereocenters. The van der Waals surface area contributed by atoms with Crippen LogP contribution in [0.25, 0.3) is 6.08 Å². The summed E-state index contributed by atoms with van der Waals surface area (Å²) < 4.78 is 15.8. The van der Waals surface area contributed by atoms with E-state index in [0.717, 1.165) is 16.0 Å². The number of Topliss-reactive ketones (excluding diaryl/α,β-unsaturated/α-hetero) is 1. The van der Waals surface area contributed by atoms with Crippen LogP contribution in [-0.2, 0) is 0 Å². The first-order valence-corrected chi connectivity index (χ1v) is 8.18. The summed E-state index contributed by atoms with van der Waals surface area (Å²) in [5.74, 6) is 1.36. The smallest absolute Gasteiger partial charge is 0.225 e. The number of methoxy groups -OCH3 is 3. The SMILES string of the molecule is COc1ccc(C(=O)C2c3cc(OC)c(OC)cc3C=C[NH+]2C)cc1O. The predicted octanol–water partition coefficient (Wildman–Crippen LogP) is 1.84. The highest BCUT2D eigenvalue weighted by Crippen LogP contribution is 2.36. The van der Waals surface area contributed by atoms with E-state index in [-0.39, 0.29) is 11.5 Å². The van der Waals surface area contributed by atoms with Crippen LogP contribution < -0.4 is 19.1 Å². The highest BCUT2D eigenvalue weighted by molar-refractivity contribution is 6.01. The molecule has 1 aliphatic heterocycles. The molecule has 0 saturated carbocycles. The van der Waals surface area contributed by atoms with Gasteiger partial charge in [0.25, 0.3) is 0 Å². The molecular formula is C20H22NO5+. The maximum absolute atomic E-state index is 13.2. The Morgan fingerprint density at radius 2 is 1.65 bits per heavy atom. The van der Waals surface area contributed by atoms with Crippen LogP contribution in [0.15, 0.2) is 36.5 Å². The summed E-state index contributed by atoms with van der Waals surface area (Å²) in [7, 11) is 6.53. The van der Waals surface area contributed by atoms with Gasteiger partial charge in [-0.1, -0.05) is 0 Å². The maximum atomic E-state index is 13.2. The second-order valence-corrected chi connectivity index (χ2v) is 6.10. The molecule has 26 heavy (non-hydrogen) atoms. The van der Waals surface area contributed by atoms with E-state index >= 15 is 0 Å². The van der Waals surface area contributed by atoms with Crippen molar-refractivity contribution in [3.8, 4) is 23.0 Å². The number of aromatic hydroxyl groups is 1. The van der Waals surface area contributed by atoms with Gasteiger partial charge in [0.05, 0.1) is 34.6 Å². The van der Waals surface area contributed by atoms with Crippen LogP contribution in [-0.4, -0.2) is 39.3 Å². The maximum Gasteiger partial charge on any atom is 0.225 e. The Morgan fingerprint density at radius 3 is 2.27 bits per heavy atom. The molecule has 3 rings (SSSR count). The van der Waals surface area contributed by atoms with Crippen molar-refractivity contribution in [3.63, 3.8) is 0 Å². The third-order valence-corrected chi connectivity index (χ3v) is 4.61. The molecule has 2 N–H and O–H groups in total. The number of hydrogen-bond donors (Lipinski definition) is 2. The molecule has 0 amide bonds. The first-order chi connectivity index (χ1) is 12.5. The molecule has 1 aliphatic rings. The van der Waals surface area contributed by atoms with Gasteiger partial charge in [0.1, 0.15) is 0 Å². The van der Waals surface area contributed by atoms with Crippen LogP contribution >= 0.6 is 0 Å². The number of rotatable bonds is 5. The molecule has 0 bridgehead atoms. The van der Waals surface area contributed by atoms with Gasteiger partial charge in [0.15, 0.2) is 29.0 Å². The number of fused-ring (bicyclic) bond motifs is 1. The third kappa shape index (κ3) is 2.99. The minimum absolute atomic E-state index is 0.0603. The number of quaternary nitrogens is 1. The Labute approximate surface area is 152 Å². The van der Waals surface area contributed by atoms with Crippen molar-refractivity contribution in [3.05, 3.63) is 53.2 Å². The van der Waals surface area contributed by atoms with Gasteiger partial charge in [-0.3, -0.25) is 9.69 Å². The number of hydrogen-bond acceptors (Lipinski definition) is 5. The van der Waals surface area contributed by atoms with Crippen molar-refractivity contribution in [2.45, 2.75) is 6.04 Å². The molecule has 2 aromatic rings. The number of ketones is 1. The molecule has 0 fully saturated rings. The van der Waals surface area contributed by atoms with Crippen molar-refractivity contribution in [1.82, 2.24) is 0 Å². The number of carbonyl (C=O) groups excluding carboxylic acids is 1. The fourth-order valence-electron chi connectivity index (χ4n) is 3.23. The molecule has 6 heteroatoms. The minimum Gasteiger partial charge on any atom is -0.504 e. The van der Waals surface area contributed by atoms with Gasteiger partial charge in [-0.05, 0) is 42.0 Å². The summed E-state index contributed by atoms with van der Waals surface area (Å²) in [5, 5.41) is 10.0. The number of carbonyl (C=O) groups is 1. The lowest BCUT2D eigenvalue weighted by atomic mass is 9.90. The normalized spacial score (nSPS) is 18.2. The van der Waals surface area contributed by atoms with Crippen LogP contribution in [0.2, 0.25) is 0 Å². The van der Waals surface area contributed by atoms with Crippen LogP contribution in [0, 0.1) is 0 Å². The largest absolute Gasteiger partial charge is 0.504 e. The van der Waals surface area contributed by atoms with Crippen LogP contribution in [0.1, 0.15) is 27.5 Å². The summed E-state index contributed by atoms with van der Waals surface area (Å²) >= 11 is 0. The summed E-state index contributed by atoms with van der Waals surface area (Å²) in [6.45, 7) is 0. The Bertz CT molecular complexity index is 875. The van der Waals surface area contributed by atoms with Gasteiger partial charge in [0.2, 0.25) is 5.78 Å². The fraction of sp³-hybridized carbons (Fsp3) is 0.250. The lowest BCUT2D eigenvalue weighted by Crippen LogP contribution is -3.06. The van der Waals surface area contributed by atoms with E-state index in [0.29, 0.717) is 22.8 Å². The number of nitrogens with one attached hydrogen (secondary N) is 1. The topological polar surface area (TPSA) is 69.4 Å². The summed E-state index contributed by atoms with van der Waals surface area (Å²) in [6.07, 6.45) is 3.89. The zero-order chi connectivity index (χ0) is 18.8. The number of phenolic OH excluding ortho intramolecular Hbond substituents is 1. The van der Waals surface area contributed by atoms with E-state index in [2.05, 4.69) is 0 Å². The van der Waals surface area contributed by atoms with Gasteiger partial charge >= 0.3 is 0 Å². The second kappa shape index (κ2) is 7.09. The summed E-state index contributed by atoms with van der Waals surface area (Å²) in [4.78, 5) is 14.1. The first-order valence-electron chi connectivity index (χ1n) is 8.18. The zero-order valence-corrected chi connectivity index (χ0v) is 15.2. The molecule has 0 spiro atoms. The molecule has 2 aromatic carbocycles. The second-order valence-electron chi connectivity index (χ2n) is 6.10. The highest BCUT2D eigenvalue weighted by atomic mass is 16.5. The van der Waals surface area contributed by atoms with Crippen molar-refractivity contribution < 1.29 is 29.0 Å². The average molecular weight is 356 g/mol. The number of ether oxygens (including phenoxy) is 3. The number of benzene rings is 2. The van der Waals surface area contributed by atoms with E-state index in [1.54, 1.807) is 26.4 Å². The zero-order valence-electron chi connectivity index (χ0n) is 15.2. The Morgan fingerprint density at radius 1 is 1.00 bits per heavy atom. The van der Waals surface area contributed by atoms with Gasteiger partial charge in [-0.2, -0.15) is 0 Å². The molecule has 2 atom stereocenters. The molecule has 0 aliphatic carbocycles. The van der Waals surface area contributed by atoms with Gasteiger partial charge in [0, 0.05) is 11.1 Å². The lowest BCUT2D eigenvalue weighted by molar-refractivity contribution is -0.848. The molecule has 0 aromatic heterocycles.